The van der Waals surface area contributed by atoms with Gasteiger partial charge in [-0.3, -0.25) is 4.90 Å². The number of benzene rings is 2. The molecule has 0 saturated carbocycles. The van der Waals surface area contributed by atoms with Crippen LogP contribution in [0.5, 0.6) is 5.75 Å². The number of rotatable bonds is 3. The lowest BCUT2D eigenvalue weighted by Gasteiger charge is -2.41. The van der Waals surface area contributed by atoms with Gasteiger partial charge in [0.1, 0.15) is 5.75 Å². The van der Waals surface area contributed by atoms with Crippen molar-refractivity contribution in [2.75, 3.05) is 39.4 Å². The molecule has 2 fully saturated rings. The van der Waals surface area contributed by atoms with Crippen LogP contribution in [0.25, 0.3) is 10.8 Å². The summed E-state index contributed by atoms with van der Waals surface area (Å²) in [7, 11) is 0. The number of nitrogens with one attached hydrogen (secondary N) is 1. The summed E-state index contributed by atoms with van der Waals surface area (Å²) in [6, 6.07) is 12.6. The van der Waals surface area contributed by atoms with E-state index in [0.717, 1.165) is 57.8 Å². The molecule has 4 nitrogen and oxygen atoms in total. The Morgan fingerprint density at radius 3 is 2.58 bits per heavy atom. The van der Waals surface area contributed by atoms with E-state index in [2.05, 4.69) is 34.5 Å². The van der Waals surface area contributed by atoms with E-state index in [1.54, 1.807) is 0 Å². The molecule has 4 heteroatoms. The standard InChI is InChI=1S/C20H26N2O2/c23-18-6-5-15-3-1-2-4-17(15)19(18)20(16-7-13-24-14-8-16)22-11-9-21-10-12-22/h1-6,16,20-21,23H,7-14H2/t20-/m0/s1. The summed E-state index contributed by atoms with van der Waals surface area (Å²) in [6.07, 6.45) is 2.13. The van der Waals surface area contributed by atoms with Crippen LogP contribution in [-0.4, -0.2) is 49.4 Å². The van der Waals surface area contributed by atoms with Gasteiger partial charge in [0.2, 0.25) is 0 Å². The lowest BCUT2D eigenvalue weighted by molar-refractivity contribution is 0.0211. The normalized spacial score (nSPS) is 21.8. The summed E-state index contributed by atoms with van der Waals surface area (Å²) in [4.78, 5) is 2.56. The van der Waals surface area contributed by atoms with Crippen LogP contribution in [0.2, 0.25) is 0 Å². The highest BCUT2D eigenvalue weighted by molar-refractivity contribution is 5.88. The van der Waals surface area contributed by atoms with Crippen molar-refractivity contribution in [3.8, 4) is 5.75 Å². The number of aromatic hydroxyl groups is 1. The van der Waals surface area contributed by atoms with Crippen LogP contribution in [0, 0.1) is 5.92 Å². The van der Waals surface area contributed by atoms with Crippen LogP contribution >= 0.6 is 0 Å². The van der Waals surface area contributed by atoms with Gasteiger partial charge in [-0.1, -0.05) is 30.3 Å². The Morgan fingerprint density at radius 2 is 1.79 bits per heavy atom. The molecule has 0 spiro atoms. The fourth-order valence-corrected chi connectivity index (χ4v) is 4.30. The zero-order valence-electron chi connectivity index (χ0n) is 14.1. The summed E-state index contributed by atoms with van der Waals surface area (Å²) in [5.41, 5.74) is 1.11. The van der Waals surface area contributed by atoms with E-state index in [0.29, 0.717) is 11.7 Å². The molecule has 2 N–H and O–H groups in total. The average Bonchev–Trinajstić information content (AvgIpc) is 2.66. The zero-order chi connectivity index (χ0) is 16.4. The number of fused-ring (bicyclic) bond motifs is 1. The minimum Gasteiger partial charge on any atom is -0.508 e. The number of phenols is 1. The van der Waals surface area contributed by atoms with E-state index in [1.165, 1.54) is 10.8 Å². The maximum absolute atomic E-state index is 10.8. The monoisotopic (exact) mass is 326 g/mol. The third-order valence-corrected chi connectivity index (χ3v) is 5.50. The molecule has 0 aromatic heterocycles. The Balaban J connectivity index is 1.81. The Labute approximate surface area is 143 Å². The quantitative estimate of drug-likeness (QED) is 0.910. The molecule has 2 heterocycles. The Kier molecular flexibility index (Phi) is 4.69. The van der Waals surface area contributed by atoms with Crippen molar-refractivity contribution in [3.05, 3.63) is 42.0 Å². The number of piperazine rings is 1. The lowest BCUT2D eigenvalue weighted by Crippen LogP contribution is -2.47. The first-order chi connectivity index (χ1) is 11.8. The molecule has 0 radical (unpaired) electrons. The summed E-state index contributed by atoms with van der Waals surface area (Å²) in [6.45, 7) is 5.77. The molecule has 128 valence electrons. The molecular weight excluding hydrogens is 300 g/mol. The SMILES string of the molecule is Oc1ccc2ccccc2c1[C@H](C1CCOCC1)N1CCNCC1. The van der Waals surface area contributed by atoms with Crippen molar-refractivity contribution < 1.29 is 9.84 Å². The molecule has 2 aliphatic rings. The van der Waals surface area contributed by atoms with Crippen LogP contribution in [0.1, 0.15) is 24.4 Å². The van der Waals surface area contributed by atoms with Crippen molar-refractivity contribution in [2.24, 2.45) is 5.92 Å². The van der Waals surface area contributed by atoms with Crippen LogP contribution in [0.15, 0.2) is 36.4 Å². The van der Waals surface area contributed by atoms with E-state index >= 15 is 0 Å². The summed E-state index contributed by atoms with van der Waals surface area (Å²) >= 11 is 0. The molecule has 0 amide bonds. The number of phenolic OH excluding ortho intramolecular Hbond substituents is 1. The average molecular weight is 326 g/mol. The predicted octanol–water partition coefficient (Wildman–Crippen LogP) is 2.92. The van der Waals surface area contributed by atoms with Gasteiger partial charge in [0.25, 0.3) is 0 Å². The third-order valence-electron chi connectivity index (χ3n) is 5.50. The first-order valence-corrected chi connectivity index (χ1v) is 9.08. The van der Waals surface area contributed by atoms with Gasteiger partial charge in [-0.15, -0.1) is 0 Å². The fraction of sp³-hybridized carbons (Fsp3) is 0.500. The molecule has 0 bridgehead atoms. The Hall–Kier alpha value is -1.62. The smallest absolute Gasteiger partial charge is 0.121 e. The highest BCUT2D eigenvalue weighted by Gasteiger charge is 2.33. The highest BCUT2D eigenvalue weighted by atomic mass is 16.5. The van der Waals surface area contributed by atoms with Crippen LogP contribution in [0.4, 0.5) is 0 Å². The minimum atomic E-state index is 0.266. The largest absolute Gasteiger partial charge is 0.508 e. The molecular formula is C20H26N2O2. The van der Waals surface area contributed by atoms with Crippen molar-refractivity contribution >= 4 is 10.8 Å². The van der Waals surface area contributed by atoms with Crippen LogP contribution in [-0.2, 0) is 4.74 Å². The third kappa shape index (κ3) is 3.02. The van der Waals surface area contributed by atoms with Gasteiger partial charge in [-0.2, -0.15) is 0 Å². The van der Waals surface area contributed by atoms with Crippen molar-refractivity contribution in [1.82, 2.24) is 10.2 Å². The number of hydrogen-bond acceptors (Lipinski definition) is 4. The van der Waals surface area contributed by atoms with E-state index in [9.17, 15) is 5.11 Å². The maximum Gasteiger partial charge on any atom is 0.121 e. The van der Waals surface area contributed by atoms with Gasteiger partial charge >= 0.3 is 0 Å². The summed E-state index contributed by atoms with van der Waals surface area (Å²) in [5.74, 6) is 0.970. The topological polar surface area (TPSA) is 44.7 Å². The molecule has 4 rings (SSSR count). The van der Waals surface area contributed by atoms with Crippen molar-refractivity contribution in [2.45, 2.75) is 18.9 Å². The summed E-state index contributed by atoms with van der Waals surface area (Å²) in [5, 5.41) is 16.6. The lowest BCUT2D eigenvalue weighted by atomic mass is 9.83. The molecule has 2 aromatic rings. The molecule has 0 unspecified atom stereocenters. The molecule has 2 aromatic carbocycles. The number of ether oxygens (including phenoxy) is 1. The van der Waals surface area contributed by atoms with E-state index in [4.69, 9.17) is 4.74 Å². The predicted molar refractivity (Wildman–Crippen MR) is 96.3 cm³/mol. The first kappa shape index (κ1) is 15.9. The van der Waals surface area contributed by atoms with Gasteiger partial charge in [-0.05, 0) is 35.6 Å². The fourth-order valence-electron chi connectivity index (χ4n) is 4.30. The highest BCUT2D eigenvalue weighted by Crippen LogP contribution is 2.42. The maximum atomic E-state index is 10.8. The Morgan fingerprint density at radius 1 is 1.04 bits per heavy atom. The van der Waals surface area contributed by atoms with Gasteiger partial charge < -0.3 is 15.2 Å². The van der Waals surface area contributed by atoms with E-state index in [-0.39, 0.29) is 6.04 Å². The second-order valence-electron chi connectivity index (χ2n) is 6.90. The molecule has 24 heavy (non-hydrogen) atoms. The van der Waals surface area contributed by atoms with Crippen molar-refractivity contribution in [3.63, 3.8) is 0 Å². The summed E-state index contributed by atoms with van der Waals surface area (Å²) < 4.78 is 5.60. The van der Waals surface area contributed by atoms with Gasteiger partial charge in [0.05, 0.1) is 0 Å². The van der Waals surface area contributed by atoms with Gasteiger partial charge in [0, 0.05) is 51.0 Å². The molecule has 0 aliphatic carbocycles. The number of nitrogens with zero attached hydrogens (tertiary/aromatic N) is 1. The second-order valence-corrected chi connectivity index (χ2v) is 6.90. The number of hydrogen-bond donors (Lipinski definition) is 2. The Bertz CT molecular complexity index is 673. The molecule has 2 saturated heterocycles. The first-order valence-electron chi connectivity index (χ1n) is 9.08. The zero-order valence-corrected chi connectivity index (χ0v) is 14.1. The van der Waals surface area contributed by atoms with Crippen molar-refractivity contribution in [1.29, 1.82) is 0 Å². The molecule has 1 atom stereocenters. The van der Waals surface area contributed by atoms with Gasteiger partial charge in [-0.25, -0.2) is 0 Å². The van der Waals surface area contributed by atoms with Crippen LogP contribution < -0.4 is 5.32 Å². The van der Waals surface area contributed by atoms with Gasteiger partial charge in [0.15, 0.2) is 0 Å². The van der Waals surface area contributed by atoms with E-state index in [1.807, 2.05) is 12.1 Å². The second kappa shape index (κ2) is 7.09. The van der Waals surface area contributed by atoms with Crippen LogP contribution in [0.3, 0.4) is 0 Å². The van der Waals surface area contributed by atoms with E-state index < -0.39 is 0 Å². The minimum absolute atomic E-state index is 0.266. The molecule has 2 aliphatic heterocycles.